The van der Waals surface area contributed by atoms with E-state index in [1.54, 1.807) is 11.1 Å². The average molecular weight is 418 g/mol. The molecule has 1 nitrogen and oxygen atoms in total. The quantitative estimate of drug-likeness (QED) is 0.416. The van der Waals surface area contributed by atoms with Crippen molar-refractivity contribution in [3.8, 4) is 11.3 Å². The van der Waals surface area contributed by atoms with E-state index in [4.69, 9.17) is 4.98 Å². The summed E-state index contributed by atoms with van der Waals surface area (Å²) in [6.07, 6.45) is 20.1. The van der Waals surface area contributed by atoms with E-state index in [2.05, 4.69) is 61.2 Å². The van der Waals surface area contributed by atoms with Gasteiger partial charge in [0, 0.05) is 17.1 Å². The Hall–Kier alpha value is -1.80. The third-order valence-electron chi connectivity index (χ3n) is 7.35. The van der Waals surface area contributed by atoms with Gasteiger partial charge >= 0.3 is 0 Å². The van der Waals surface area contributed by atoms with Crippen LogP contribution in [0.25, 0.3) is 22.0 Å². The lowest BCUT2D eigenvalue weighted by Crippen LogP contribution is -2.00. The summed E-state index contributed by atoms with van der Waals surface area (Å²) in [7, 11) is -0.728. The van der Waals surface area contributed by atoms with Gasteiger partial charge in [-0.3, -0.25) is 4.98 Å². The monoisotopic (exact) mass is 417 g/mol. The Morgan fingerprint density at radius 3 is 1.90 bits per heavy atom. The maximum absolute atomic E-state index is 4.91. The predicted octanol–water partition coefficient (Wildman–Crippen LogP) is 8.27. The van der Waals surface area contributed by atoms with Crippen LogP contribution in [0.4, 0.5) is 0 Å². The van der Waals surface area contributed by atoms with E-state index in [0.29, 0.717) is 0 Å². The molecular weight excluding hydrogens is 382 g/mol. The van der Waals surface area contributed by atoms with Gasteiger partial charge in [-0.15, -0.1) is 0 Å². The highest BCUT2D eigenvalue weighted by Crippen LogP contribution is 2.47. The normalized spacial score (nSPS) is 19.0. The zero-order valence-corrected chi connectivity index (χ0v) is 19.6. The fraction of sp³-hybridized carbons (Fsp3) is 0.464. The largest absolute Gasteiger partial charge is 0.256 e. The van der Waals surface area contributed by atoms with Crippen LogP contribution in [0.3, 0.4) is 0 Å². The number of benzene rings is 2. The first-order chi connectivity index (χ1) is 14.5. The summed E-state index contributed by atoms with van der Waals surface area (Å²) in [5.41, 5.74) is 5.65. The third kappa shape index (κ3) is 3.91. The second-order valence-electron chi connectivity index (χ2n) is 10.2. The molecule has 2 saturated carbocycles. The maximum atomic E-state index is 4.91. The van der Waals surface area contributed by atoms with Gasteiger partial charge in [0.1, 0.15) is 0 Å². The summed E-state index contributed by atoms with van der Waals surface area (Å²) in [5, 5.41) is 2.62. The second kappa shape index (κ2) is 8.04. The van der Waals surface area contributed by atoms with Crippen LogP contribution in [0, 0.1) is 0 Å². The lowest BCUT2D eigenvalue weighted by molar-refractivity contribution is 0.701. The van der Waals surface area contributed by atoms with E-state index in [-0.39, 0.29) is 0 Å². The van der Waals surface area contributed by atoms with Crippen LogP contribution in [-0.2, 0) is 0 Å². The zero-order chi connectivity index (χ0) is 20.7. The molecule has 2 heteroatoms. The minimum Gasteiger partial charge on any atom is -0.256 e. The molecule has 0 unspecified atom stereocenters. The van der Waals surface area contributed by atoms with Crippen LogP contribution in [0.1, 0.15) is 74.3 Å². The molecule has 30 heavy (non-hydrogen) atoms. The summed E-state index contributed by atoms with van der Waals surface area (Å²) >= 11 is 0. The standard InChI is InChI=1S/C28H35NS/c1-30(2,3)26-12-13-27-22(19-26)14-15-29-28(27)25-17-23(20-8-4-5-9-20)16-24(18-25)21-10-6-7-11-21/h12-21H,4-11H2,1-3H3. The van der Waals surface area contributed by atoms with E-state index < -0.39 is 10.0 Å². The van der Waals surface area contributed by atoms with Gasteiger partial charge < -0.3 is 0 Å². The maximum Gasteiger partial charge on any atom is 0.0780 e. The highest BCUT2D eigenvalue weighted by molar-refractivity contribution is 8.32. The fourth-order valence-electron chi connectivity index (χ4n) is 5.57. The van der Waals surface area contributed by atoms with Crippen molar-refractivity contribution in [3.05, 3.63) is 59.8 Å². The molecule has 5 rings (SSSR count). The molecular formula is C28H35NS. The minimum absolute atomic E-state index is 0.728. The molecule has 2 aromatic carbocycles. The summed E-state index contributed by atoms with van der Waals surface area (Å²) < 4.78 is 0. The van der Waals surface area contributed by atoms with Crippen LogP contribution >= 0.6 is 10.0 Å². The van der Waals surface area contributed by atoms with Crippen molar-refractivity contribution < 1.29 is 0 Å². The van der Waals surface area contributed by atoms with E-state index in [0.717, 1.165) is 11.8 Å². The van der Waals surface area contributed by atoms with Gasteiger partial charge in [0.25, 0.3) is 0 Å². The first-order valence-electron chi connectivity index (χ1n) is 11.7. The van der Waals surface area contributed by atoms with Crippen LogP contribution in [0.5, 0.6) is 0 Å². The van der Waals surface area contributed by atoms with Crippen LogP contribution in [-0.4, -0.2) is 23.8 Å². The van der Waals surface area contributed by atoms with Gasteiger partial charge in [0.05, 0.1) is 5.69 Å². The topological polar surface area (TPSA) is 12.9 Å². The van der Waals surface area contributed by atoms with Gasteiger partial charge in [-0.25, -0.2) is 10.0 Å². The molecule has 3 aromatic rings. The number of nitrogens with zero attached hydrogens (tertiary/aromatic N) is 1. The molecule has 2 fully saturated rings. The van der Waals surface area contributed by atoms with Crippen molar-refractivity contribution in [2.75, 3.05) is 18.8 Å². The third-order valence-corrected chi connectivity index (χ3v) is 9.02. The number of aromatic nitrogens is 1. The molecule has 0 spiro atoms. The highest BCUT2D eigenvalue weighted by atomic mass is 32.3. The zero-order valence-electron chi connectivity index (χ0n) is 18.8. The van der Waals surface area contributed by atoms with Gasteiger partial charge in [-0.2, -0.15) is 0 Å². The van der Waals surface area contributed by atoms with E-state index in [1.165, 1.54) is 78.3 Å². The smallest absolute Gasteiger partial charge is 0.0780 e. The molecule has 0 saturated heterocycles. The van der Waals surface area contributed by atoms with Crippen LogP contribution < -0.4 is 0 Å². The molecule has 0 atom stereocenters. The van der Waals surface area contributed by atoms with Gasteiger partial charge in [0.15, 0.2) is 0 Å². The lowest BCUT2D eigenvalue weighted by atomic mass is 9.87. The van der Waals surface area contributed by atoms with Crippen molar-refractivity contribution in [1.29, 1.82) is 0 Å². The summed E-state index contributed by atoms with van der Waals surface area (Å²) in [4.78, 5) is 6.38. The molecule has 1 heterocycles. The van der Waals surface area contributed by atoms with Gasteiger partial charge in [-0.05, 0) is 108 Å². The van der Waals surface area contributed by atoms with Crippen LogP contribution in [0.2, 0.25) is 0 Å². The van der Waals surface area contributed by atoms with Gasteiger partial charge in [0.2, 0.25) is 0 Å². The lowest BCUT2D eigenvalue weighted by Gasteiger charge is -2.26. The molecule has 0 bridgehead atoms. The van der Waals surface area contributed by atoms with Crippen LogP contribution in [0.15, 0.2) is 53.6 Å². The summed E-state index contributed by atoms with van der Waals surface area (Å²) in [6, 6.07) is 16.7. The Balaban J connectivity index is 1.64. The van der Waals surface area contributed by atoms with Crippen molar-refractivity contribution in [2.24, 2.45) is 0 Å². The second-order valence-corrected chi connectivity index (χ2v) is 14.4. The number of fused-ring (bicyclic) bond motifs is 1. The predicted molar refractivity (Wildman–Crippen MR) is 133 cm³/mol. The Morgan fingerprint density at radius 2 is 1.33 bits per heavy atom. The molecule has 0 aliphatic heterocycles. The van der Waals surface area contributed by atoms with Crippen molar-refractivity contribution in [1.82, 2.24) is 4.98 Å². The molecule has 0 amide bonds. The Morgan fingerprint density at radius 1 is 0.733 bits per heavy atom. The Kier molecular flexibility index (Phi) is 5.39. The number of pyridine rings is 1. The number of hydrogen-bond acceptors (Lipinski definition) is 1. The van der Waals surface area contributed by atoms with Crippen molar-refractivity contribution in [2.45, 2.75) is 68.1 Å². The van der Waals surface area contributed by atoms with Crippen molar-refractivity contribution >= 4 is 20.8 Å². The Labute approximate surface area is 183 Å². The van der Waals surface area contributed by atoms with Gasteiger partial charge in [-0.1, -0.05) is 37.8 Å². The van der Waals surface area contributed by atoms with E-state index >= 15 is 0 Å². The molecule has 2 aliphatic carbocycles. The first-order valence-corrected chi connectivity index (χ1v) is 14.6. The average Bonchev–Trinajstić information content (AvgIpc) is 3.46. The Bertz CT molecular complexity index is 1020. The molecule has 0 N–H and O–H groups in total. The van der Waals surface area contributed by atoms with E-state index in [1.807, 2.05) is 6.20 Å². The molecule has 0 radical (unpaired) electrons. The van der Waals surface area contributed by atoms with E-state index in [9.17, 15) is 0 Å². The SMILES string of the molecule is CS(C)(C)c1ccc2c(-c3cc(C4CCCC4)cc(C4CCCC4)c3)nccc2c1. The molecule has 2 aliphatic rings. The highest BCUT2D eigenvalue weighted by Gasteiger charge is 2.23. The molecule has 158 valence electrons. The minimum atomic E-state index is -0.728. The summed E-state index contributed by atoms with van der Waals surface area (Å²) in [6.45, 7) is 0. The van der Waals surface area contributed by atoms with Crippen molar-refractivity contribution in [3.63, 3.8) is 0 Å². The fourth-order valence-corrected chi connectivity index (χ4v) is 6.53. The number of hydrogen-bond donors (Lipinski definition) is 0. The number of rotatable bonds is 4. The summed E-state index contributed by atoms with van der Waals surface area (Å²) in [5.74, 6) is 1.49. The molecule has 1 aromatic heterocycles. The first kappa shape index (κ1) is 20.1.